The number of nitrogens with zero attached hydrogens (tertiary/aromatic N) is 4. The molecule has 0 aliphatic heterocycles. The molecular weight excluding hydrogens is 478 g/mol. The van der Waals surface area contributed by atoms with Gasteiger partial charge in [0.15, 0.2) is 10.8 Å². The van der Waals surface area contributed by atoms with Gasteiger partial charge in [-0.2, -0.15) is 0 Å². The number of carbonyl (C=O) groups is 1. The highest BCUT2D eigenvalue weighted by molar-refractivity contribution is 9.11. The number of thioether (sulfide) groups is 1. The van der Waals surface area contributed by atoms with Crippen molar-refractivity contribution in [1.82, 2.24) is 14.6 Å². The number of nitro benzene ring substituents is 1. The van der Waals surface area contributed by atoms with Crippen LogP contribution in [0.25, 0.3) is 5.65 Å². The Morgan fingerprint density at radius 1 is 1.28 bits per heavy atom. The van der Waals surface area contributed by atoms with Gasteiger partial charge in [0.25, 0.3) is 5.69 Å². The van der Waals surface area contributed by atoms with Crippen molar-refractivity contribution in [3.8, 4) is 0 Å². The number of rotatable bonds is 5. The molecule has 3 rings (SSSR count). The maximum atomic E-state index is 12.2. The second kappa shape index (κ2) is 7.50. The number of hydrogen-bond acceptors (Lipinski definition) is 6. The number of amides is 1. The Labute approximate surface area is 162 Å². The summed E-state index contributed by atoms with van der Waals surface area (Å²) in [6.45, 7) is 0. The molecule has 25 heavy (non-hydrogen) atoms. The van der Waals surface area contributed by atoms with E-state index in [4.69, 9.17) is 0 Å². The van der Waals surface area contributed by atoms with Crippen LogP contribution in [0.5, 0.6) is 0 Å². The number of nitro groups is 1. The number of anilines is 1. The van der Waals surface area contributed by atoms with Gasteiger partial charge in [0.2, 0.25) is 5.91 Å². The van der Waals surface area contributed by atoms with Crippen LogP contribution in [0.15, 0.2) is 50.6 Å². The van der Waals surface area contributed by atoms with Crippen molar-refractivity contribution in [3.63, 3.8) is 0 Å². The molecule has 0 fully saturated rings. The van der Waals surface area contributed by atoms with Gasteiger partial charge in [0, 0.05) is 27.3 Å². The predicted molar refractivity (Wildman–Crippen MR) is 101 cm³/mol. The minimum atomic E-state index is -0.507. The van der Waals surface area contributed by atoms with Crippen molar-refractivity contribution < 1.29 is 9.72 Å². The second-order valence-electron chi connectivity index (χ2n) is 4.79. The highest BCUT2D eigenvalue weighted by atomic mass is 79.9. The van der Waals surface area contributed by atoms with Gasteiger partial charge in [0.05, 0.1) is 16.4 Å². The maximum Gasteiger partial charge on any atom is 0.271 e. The largest absolute Gasteiger partial charge is 0.323 e. The molecule has 8 nitrogen and oxygen atoms in total. The summed E-state index contributed by atoms with van der Waals surface area (Å²) in [5, 5.41) is 22.2. The Kier molecular flexibility index (Phi) is 5.35. The molecule has 2 heterocycles. The topological polar surface area (TPSA) is 102 Å². The molecule has 0 saturated carbocycles. The van der Waals surface area contributed by atoms with Crippen LogP contribution < -0.4 is 5.32 Å². The average molecular weight is 487 g/mol. The Balaban J connectivity index is 1.70. The number of fused-ring (bicyclic) bond motifs is 1. The van der Waals surface area contributed by atoms with Gasteiger partial charge in [0.1, 0.15) is 0 Å². The fourth-order valence-corrected chi connectivity index (χ4v) is 4.09. The van der Waals surface area contributed by atoms with Gasteiger partial charge in [-0.3, -0.25) is 19.3 Å². The molecule has 1 aromatic carbocycles. The zero-order valence-corrected chi connectivity index (χ0v) is 16.3. The molecule has 3 aromatic rings. The predicted octanol–water partition coefficient (Wildman–Crippen LogP) is 3.89. The Bertz CT molecular complexity index is 955. The molecule has 0 aliphatic rings. The highest BCUT2D eigenvalue weighted by Crippen LogP contribution is 2.35. The molecule has 0 bridgehead atoms. The quantitative estimate of drug-likeness (QED) is 0.333. The maximum absolute atomic E-state index is 12.2. The van der Waals surface area contributed by atoms with Crippen LogP contribution in [0.4, 0.5) is 11.4 Å². The molecule has 1 N–H and O–H groups in total. The zero-order chi connectivity index (χ0) is 18.0. The molecule has 0 radical (unpaired) electrons. The van der Waals surface area contributed by atoms with E-state index >= 15 is 0 Å². The normalized spacial score (nSPS) is 10.8. The second-order valence-corrected chi connectivity index (χ2v) is 7.44. The molecule has 0 aliphatic carbocycles. The first kappa shape index (κ1) is 17.8. The van der Waals surface area contributed by atoms with Crippen LogP contribution in [0, 0.1) is 10.1 Å². The van der Waals surface area contributed by atoms with Crippen molar-refractivity contribution >= 4 is 66.6 Å². The molecule has 128 valence electrons. The van der Waals surface area contributed by atoms with Crippen molar-refractivity contribution in [1.29, 1.82) is 0 Å². The number of non-ortho nitro benzene ring substituents is 1. The third-order valence-corrected chi connectivity index (χ3v) is 5.31. The van der Waals surface area contributed by atoms with E-state index in [1.807, 2.05) is 24.4 Å². The van der Waals surface area contributed by atoms with Crippen LogP contribution in [0.3, 0.4) is 0 Å². The van der Waals surface area contributed by atoms with Gasteiger partial charge >= 0.3 is 0 Å². The SMILES string of the molecule is O=C(CSc1nnc2ccccn12)Nc1c(Br)cc([N+](=O)[O-])cc1Br. The molecule has 0 atom stereocenters. The van der Waals surface area contributed by atoms with Gasteiger partial charge in [-0.25, -0.2) is 0 Å². The minimum absolute atomic E-state index is 0.0824. The summed E-state index contributed by atoms with van der Waals surface area (Å²) >= 11 is 7.71. The average Bonchev–Trinajstić information content (AvgIpc) is 2.99. The van der Waals surface area contributed by atoms with Crippen LogP contribution in [-0.2, 0) is 4.79 Å². The molecule has 0 saturated heterocycles. The van der Waals surface area contributed by atoms with E-state index in [-0.39, 0.29) is 17.3 Å². The van der Waals surface area contributed by atoms with Gasteiger partial charge in [-0.1, -0.05) is 17.8 Å². The molecule has 11 heteroatoms. The number of benzene rings is 1. The number of pyridine rings is 1. The fourth-order valence-electron chi connectivity index (χ4n) is 2.01. The number of aromatic nitrogens is 3. The van der Waals surface area contributed by atoms with E-state index < -0.39 is 4.92 Å². The monoisotopic (exact) mass is 485 g/mol. The molecule has 0 spiro atoms. The zero-order valence-electron chi connectivity index (χ0n) is 12.3. The van der Waals surface area contributed by atoms with Crippen molar-refractivity contribution in [3.05, 3.63) is 55.6 Å². The van der Waals surface area contributed by atoms with Gasteiger partial charge in [-0.05, 0) is 44.0 Å². The Hall–Kier alpha value is -1.98. The molecule has 2 aromatic heterocycles. The summed E-state index contributed by atoms with van der Waals surface area (Å²) in [7, 11) is 0. The lowest BCUT2D eigenvalue weighted by Gasteiger charge is -2.09. The summed E-state index contributed by atoms with van der Waals surface area (Å²) in [6.07, 6.45) is 1.82. The van der Waals surface area contributed by atoms with Crippen molar-refractivity contribution in [2.75, 3.05) is 11.1 Å². The Morgan fingerprint density at radius 3 is 2.68 bits per heavy atom. The van der Waals surface area contributed by atoms with Gasteiger partial charge in [-0.15, -0.1) is 10.2 Å². The van der Waals surface area contributed by atoms with Crippen molar-refractivity contribution in [2.45, 2.75) is 5.16 Å². The fraction of sp³-hybridized carbons (Fsp3) is 0.0714. The third kappa shape index (κ3) is 3.99. The Morgan fingerprint density at radius 2 is 2.00 bits per heavy atom. The summed E-state index contributed by atoms with van der Waals surface area (Å²) < 4.78 is 2.62. The lowest BCUT2D eigenvalue weighted by Crippen LogP contribution is -2.15. The van der Waals surface area contributed by atoms with E-state index in [0.29, 0.717) is 25.4 Å². The summed E-state index contributed by atoms with van der Waals surface area (Å²) in [5.41, 5.74) is 1.05. The number of carbonyl (C=O) groups excluding carboxylic acids is 1. The number of hydrogen-bond donors (Lipinski definition) is 1. The number of nitrogens with one attached hydrogen (secondary N) is 1. The van der Waals surface area contributed by atoms with Crippen LogP contribution in [0.2, 0.25) is 0 Å². The smallest absolute Gasteiger partial charge is 0.271 e. The minimum Gasteiger partial charge on any atom is -0.323 e. The van der Waals surface area contributed by atoms with E-state index in [1.165, 1.54) is 23.9 Å². The highest BCUT2D eigenvalue weighted by Gasteiger charge is 2.16. The van der Waals surface area contributed by atoms with Crippen molar-refractivity contribution in [2.24, 2.45) is 0 Å². The van der Waals surface area contributed by atoms with E-state index in [0.717, 1.165) is 0 Å². The standard InChI is InChI=1S/C14H9Br2N5O3S/c15-9-5-8(21(23)24)6-10(16)13(9)17-12(22)7-25-14-19-18-11-3-1-2-4-20(11)14/h1-6H,7H2,(H,17,22). The lowest BCUT2D eigenvalue weighted by molar-refractivity contribution is -0.385. The summed E-state index contributed by atoms with van der Waals surface area (Å²) in [4.78, 5) is 22.5. The first-order valence-electron chi connectivity index (χ1n) is 6.81. The van der Waals surface area contributed by atoms with Crippen LogP contribution in [0.1, 0.15) is 0 Å². The van der Waals surface area contributed by atoms with Crippen LogP contribution in [-0.4, -0.2) is 31.2 Å². The van der Waals surface area contributed by atoms with E-state index in [9.17, 15) is 14.9 Å². The number of halogens is 2. The third-order valence-electron chi connectivity index (χ3n) is 3.12. The molecular formula is C14H9Br2N5O3S. The van der Waals surface area contributed by atoms with E-state index in [1.54, 1.807) is 4.40 Å². The lowest BCUT2D eigenvalue weighted by atomic mass is 10.3. The van der Waals surface area contributed by atoms with Gasteiger partial charge < -0.3 is 5.32 Å². The van der Waals surface area contributed by atoms with Crippen LogP contribution >= 0.6 is 43.6 Å². The molecule has 1 amide bonds. The summed E-state index contributed by atoms with van der Waals surface area (Å²) in [5.74, 6) is -0.154. The summed E-state index contributed by atoms with van der Waals surface area (Å²) in [6, 6.07) is 8.20. The molecule has 0 unspecified atom stereocenters. The first-order chi connectivity index (χ1) is 12.0. The van der Waals surface area contributed by atoms with E-state index in [2.05, 4.69) is 47.4 Å². The first-order valence-corrected chi connectivity index (χ1v) is 9.38.